The van der Waals surface area contributed by atoms with Crippen molar-refractivity contribution in [2.75, 3.05) is 5.32 Å². The number of pyridine rings is 1. The van der Waals surface area contributed by atoms with Gasteiger partial charge >= 0.3 is 0 Å². The third-order valence-corrected chi connectivity index (χ3v) is 3.36. The number of thiocarbonyl (C=S) groups is 1. The van der Waals surface area contributed by atoms with Crippen molar-refractivity contribution in [3.8, 4) is 0 Å². The maximum Gasteiger partial charge on any atom is 0.257 e. The molecule has 114 valence electrons. The minimum Gasteiger partial charge on any atom is -0.331 e. The monoisotopic (exact) mass is 313 g/mol. The van der Waals surface area contributed by atoms with Crippen LogP contribution in [0.1, 0.15) is 36.7 Å². The van der Waals surface area contributed by atoms with E-state index in [-0.39, 0.29) is 16.4 Å². The highest BCUT2D eigenvalue weighted by Gasteiger charge is 2.14. The fraction of sp³-hybridized carbons (Fsp3) is 0.235. The van der Waals surface area contributed by atoms with E-state index in [1.54, 1.807) is 18.5 Å². The van der Waals surface area contributed by atoms with Crippen LogP contribution in [0, 0.1) is 0 Å². The van der Waals surface area contributed by atoms with E-state index in [4.69, 9.17) is 12.2 Å². The number of carbonyl (C=O) groups excluding carboxylic acids is 1. The van der Waals surface area contributed by atoms with Crippen LogP contribution < -0.4 is 10.6 Å². The van der Waals surface area contributed by atoms with E-state index in [2.05, 4.69) is 36.4 Å². The zero-order chi connectivity index (χ0) is 16.2. The molecule has 0 atom stereocenters. The van der Waals surface area contributed by atoms with Crippen molar-refractivity contribution >= 4 is 28.9 Å². The number of hydrogen-bond acceptors (Lipinski definition) is 3. The summed E-state index contributed by atoms with van der Waals surface area (Å²) in [4.78, 5) is 16.1. The lowest BCUT2D eigenvalue weighted by Crippen LogP contribution is -2.34. The maximum absolute atomic E-state index is 12.2. The summed E-state index contributed by atoms with van der Waals surface area (Å²) in [6, 6.07) is 11.2. The highest BCUT2D eigenvalue weighted by molar-refractivity contribution is 7.80. The Labute approximate surface area is 136 Å². The average molecular weight is 313 g/mol. The van der Waals surface area contributed by atoms with Gasteiger partial charge in [-0.3, -0.25) is 15.1 Å². The molecule has 5 heteroatoms. The van der Waals surface area contributed by atoms with Crippen LogP contribution in [0.4, 0.5) is 5.69 Å². The van der Waals surface area contributed by atoms with E-state index < -0.39 is 0 Å². The van der Waals surface area contributed by atoms with Crippen molar-refractivity contribution in [2.24, 2.45) is 0 Å². The lowest BCUT2D eigenvalue weighted by Gasteiger charge is -2.19. The van der Waals surface area contributed by atoms with Crippen molar-refractivity contribution in [1.82, 2.24) is 10.3 Å². The fourth-order valence-corrected chi connectivity index (χ4v) is 2.11. The molecule has 0 radical (unpaired) electrons. The fourth-order valence-electron chi connectivity index (χ4n) is 1.90. The van der Waals surface area contributed by atoms with Crippen LogP contribution in [-0.2, 0) is 5.41 Å². The number of nitrogens with one attached hydrogen (secondary N) is 2. The molecule has 22 heavy (non-hydrogen) atoms. The number of benzene rings is 1. The first-order valence-corrected chi connectivity index (χ1v) is 7.40. The van der Waals surface area contributed by atoms with Gasteiger partial charge in [-0.25, -0.2) is 0 Å². The molecule has 0 bridgehead atoms. The zero-order valence-electron chi connectivity index (χ0n) is 12.9. The summed E-state index contributed by atoms with van der Waals surface area (Å²) in [5.74, 6) is -0.234. The smallest absolute Gasteiger partial charge is 0.257 e. The topological polar surface area (TPSA) is 54.0 Å². The molecule has 2 aromatic rings. The van der Waals surface area contributed by atoms with Gasteiger partial charge in [0, 0.05) is 11.8 Å². The van der Waals surface area contributed by atoms with Crippen molar-refractivity contribution in [2.45, 2.75) is 26.2 Å². The Kier molecular flexibility index (Phi) is 4.88. The van der Waals surface area contributed by atoms with E-state index in [1.165, 1.54) is 5.56 Å². The molecule has 1 aromatic carbocycles. The van der Waals surface area contributed by atoms with E-state index >= 15 is 0 Å². The second-order valence-corrected chi connectivity index (χ2v) is 6.39. The summed E-state index contributed by atoms with van der Waals surface area (Å²) in [6.07, 6.45) is 3.31. The van der Waals surface area contributed by atoms with Crippen LogP contribution in [0.5, 0.6) is 0 Å². The molecular formula is C17H19N3OS. The largest absolute Gasteiger partial charge is 0.331 e. The molecule has 4 nitrogen and oxygen atoms in total. The lowest BCUT2D eigenvalue weighted by atomic mass is 9.87. The molecule has 0 aliphatic heterocycles. The highest BCUT2D eigenvalue weighted by atomic mass is 32.1. The van der Waals surface area contributed by atoms with Gasteiger partial charge in [0.1, 0.15) is 0 Å². The minimum atomic E-state index is -0.234. The first-order valence-electron chi connectivity index (χ1n) is 6.99. The second kappa shape index (κ2) is 6.66. The quantitative estimate of drug-likeness (QED) is 0.833. The Morgan fingerprint density at radius 2 is 1.82 bits per heavy atom. The molecule has 0 fully saturated rings. The van der Waals surface area contributed by atoms with Gasteiger partial charge < -0.3 is 5.32 Å². The summed E-state index contributed by atoms with van der Waals surface area (Å²) in [6.45, 7) is 6.40. The molecule has 0 unspecified atom stereocenters. The Morgan fingerprint density at radius 3 is 2.36 bits per heavy atom. The summed E-state index contributed by atoms with van der Waals surface area (Å²) in [5.41, 5.74) is 2.55. The third kappa shape index (κ3) is 4.36. The Balaban J connectivity index is 1.98. The minimum absolute atomic E-state index is 0.0617. The SMILES string of the molecule is CC(C)(C)c1ccc(C(=O)NC(=S)Nc2cccnc2)cc1. The van der Waals surface area contributed by atoms with Gasteiger partial charge in [-0.1, -0.05) is 32.9 Å². The third-order valence-electron chi connectivity index (χ3n) is 3.16. The molecule has 1 aromatic heterocycles. The lowest BCUT2D eigenvalue weighted by molar-refractivity contribution is 0.0977. The van der Waals surface area contributed by atoms with Crippen molar-refractivity contribution < 1.29 is 4.79 Å². The standard InChI is InChI=1S/C17H19N3OS/c1-17(2,3)13-8-6-12(7-9-13)15(21)20-16(22)19-14-5-4-10-18-11-14/h4-11H,1-3H3,(H2,19,20,21,22). The van der Waals surface area contributed by atoms with Crippen molar-refractivity contribution in [1.29, 1.82) is 0 Å². The predicted octanol–water partition coefficient (Wildman–Crippen LogP) is 3.51. The number of amides is 1. The maximum atomic E-state index is 12.2. The molecule has 1 amide bonds. The molecular weight excluding hydrogens is 294 g/mol. The molecule has 0 saturated carbocycles. The molecule has 0 aliphatic carbocycles. The predicted molar refractivity (Wildman–Crippen MR) is 93.1 cm³/mol. The van der Waals surface area contributed by atoms with Crippen LogP contribution >= 0.6 is 12.2 Å². The number of hydrogen-bond donors (Lipinski definition) is 2. The van der Waals surface area contributed by atoms with Gasteiger partial charge in [0.2, 0.25) is 0 Å². The second-order valence-electron chi connectivity index (χ2n) is 5.98. The van der Waals surface area contributed by atoms with Crippen LogP contribution in [0.3, 0.4) is 0 Å². The van der Waals surface area contributed by atoms with E-state index in [0.29, 0.717) is 5.56 Å². The summed E-state index contributed by atoms with van der Waals surface area (Å²) < 4.78 is 0. The van der Waals surface area contributed by atoms with Crippen molar-refractivity contribution in [3.05, 3.63) is 59.9 Å². The molecule has 0 aliphatic rings. The van der Waals surface area contributed by atoms with Gasteiger partial charge in [-0.2, -0.15) is 0 Å². The van der Waals surface area contributed by atoms with E-state index in [0.717, 1.165) is 5.69 Å². The van der Waals surface area contributed by atoms with Crippen LogP contribution in [-0.4, -0.2) is 16.0 Å². The van der Waals surface area contributed by atoms with Crippen LogP contribution in [0.25, 0.3) is 0 Å². The van der Waals surface area contributed by atoms with Crippen LogP contribution in [0.2, 0.25) is 0 Å². The Morgan fingerprint density at radius 1 is 1.14 bits per heavy atom. The Hall–Kier alpha value is -2.27. The average Bonchev–Trinajstić information content (AvgIpc) is 2.47. The van der Waals surface area contributed by atoms with E-state index in [1.807, 2.05) is 30.3 Å². The van der Waals surface area contributed by atoms with Gasteiger partial charge in [0.25, 0.3) is 5.91 Å². The van der Waals surface area contributed by atoms with Gasteiger partial charge in [0.15, 0.2) is 5.11 Å². The summed E-state index contributed by atoms with van der Waals surface area (Å²) in [7, 11) is 0. The molecule has 2 rings (SSSR count). The molecule has 1 heterocycles. The number of rotatable bonds is 2. The Bertz CT molecular complexity index is 661. The number of aromatic nitrogens is 1. The summed E-state index contributed by atoms with van der Waals surface area (Å²) in [5, 5.41) is 5.82. The number of nitrogens with zero attached hydrogens (tertiary/aromatic N) is 1. The van der Waals surface area contributed by atoms with Crippen LogP contribution in [0.15, 0.2) is 48.8 Å². The first kappa shape index (κ1) is 16.1. The zero-order valence-corrected chi connectivity index (χ0v) is 13.7. The van der Waals surface area contributed by atoms with Gasteiger partial charge in [-0.15, -0.1) is 0 Å². The number of carbonyl (C=O) groups is 1. The van der Waals surface area contributed by atoms with Gasteiger partial charge in [0.05, 0.1) is 11.9 Å². The number of anilines is 1. The van der Waals surface area contributed by atoms with Crippen molar-refractivity contribution in [3.63, 3.8) is 0 Å². The molecule has 0 spiro atoms. The van der Waals surface area contributed by atoms with E-state index in [9.17, 15) is 4.79 Å². The highest BCUT2D eigenvalue weighted by Crippen LogP contribution is 2.22. The normalized spacial score (nSPS) is 10.9. The first-order chi connectivity index (χ1) is 10.4. The van der Waals surface area contributed by atoms with Gasteiger partial charge in [-0.05, 0) is 47.5 Å². The summed E-state index contributed by atoms with van der Waals surface area (Å²) >= 11 is 5.13. The molecule has 0 saturated heterocycles. The molecule has 2 N–H and O–H groups in total.